The lowest BCUT2D eigenvalue weighted by Gasteiger charge is -2.23. The van der Waals surface area contributed by atoms with Gasteiger partial charge in [0.15, 0.2) is 0 Å². The van der Waals surface area contributed by atoms with E-state index in [4.69, 9.17) is 5.26 Å². The Labute approximate surface area is 207 Å². The summed E-state index contributed by atoms with van der Waals surface area (Å²) in [6.45, 7) is 2.27. The predicted molar refractivity (Wildman–Crippen MR) is 131 cm³/mol. The van der Waals surface area contributed by atoms with Crippen molar-refractivity contribution in [2.75, 3.05) is 17.2 Å². The molecular formula is C25H27F2N7O2. The molecule has 3 unspecified atom stereocenters. The maximum absolute atomic E-state index is 14.1. The molecule has 11 heteroatoms. The van der Waals surface area contributed by atoms with Gasteiger partial charge in [0.25, 0.3) is 5.91 Å². The zero-order chi connectivity index (χ0) is 25.9. The summed E-state index contributed by atoms with van der Waals surface area (Å²) in [5, 5.41) is 27.7. The van der Waals surface area contributed by atoms with E-state index in [0.717, 1.165) is 0 Å². The number of aromatic nitrogens is 3. The van der Waals surface area contributed by atoms with Crippen LogP contribution in [-0.2, 0) is 0 Å². The van der Waals surface area contributed by atoms with Crippen LogP contribution in [0.15, 0.2) is 36.7 Å². The Morgan fingerprint density at radius 2 is 2.03 bits per heavy atom. The molecule has 36 heavy (non-hydrogen) atoms. The van der Waals surface area contributed by atoms with E-state index in [-0.39, 0.29) is 18.2 Å². The Kier molecular flexibility index (Phi) is 7.26. The minimum absolute atomic E-state index is 0.165. The summed E-state index contributed by atoms with van der Waals surface area (Å²) in [5.74, 6) is 0.252. The number of hydrogen-bond donors (Lipinski definition) is 4. The monoisotopic (exact) mass is 495 g/mol. The van der Waals surface area contributed by atoms with Crippen molar-refractivity contribution in [3.05, 3.63) is 47.8 Å². The van der Waals surface area contributed by atoms with Gasteiger partial charge in [-0.25, -0.2) is 18.7 Å². The quantitative estimate of drug-likeness (QED) is 0.371. The SMILES string of the molecule is CC(C)(O)C(F)CNC(=O)c1cnc(Nc2ccc3ncc(C#N)cc3n2)cc1NC1CCC(F)C1. The summed E-state index contributed by atoms with van der Waals surface area (Å²) >= 11 is 0. The fourth-order valence-corrected chi connectivity index (χ4v) is 3.90. The van der Waals surface area contributed by atoms with Crippen LogP contribution in [-0.4, -0.2) is 56.5 Å². The number of anilines is 3. The molecule has 1 saturated carbocycles. The van der Waals surface area contributed by atoms with E-state index in [9.17, 15) is 18.7 Å². The van der Waals surface area contributed by atoms with E-state index in [1.807, 2.05) is 6.07 Å². The van der Waals surface area contributed by atoms with Crippen molar-refractivity contribution in [2.45, 2.75) is 57.1 Å². The molecule has 4 rings (SSSR count). The number of amides is 1. The third kappa shape index (κ3) is 6.01. The van der Waals surface area contributed by atoms with Crippen LogP contribution in [0.2, 0.25) is 0 Å². The second-order valence-corrected chi connectivity index (χ2v) is 9.39. The fourth-order valence-electron chi connectivity index (χ4n) is 3.90. The summed E-state index contributed by atoms with van der Waals surface area (Å²) in [5.41, 5.74) is 0.519. The van der Waals surface area contributed by atoms with Crippen LogP contribution in [0.5, 0.6) is 0 Å². The van der Waals surface area contributed by atoms with Gasteiger partial charge in [-0.05, 0) is 51.3 Å². The smallest absolute Gasteiger partial charge is 0.255 e. The summed E-state index contributed by atoms with van der Waals surface area (Å²) in [4.78, 5) is 25.8. The molecule has 0 saturated heterocycles. The first-order valence-electron chi connectivity index (χ1n) is 11.6. The van der Waals surface area contributed by atoms with Crippen LogP contribution in [0.25, 0.3) is 11.0 Å². The highest BCUT2D eigenvalue weighted by molar-refractivity contribution is 6.00. The van der Waals surface area contributed by atoms with Gasteiger partial charge in [-0.2, -0.15) is 5.26 Å². The third-order valence-electron chi connectivity index (χ3n) is 6.01. The Balaban J connectivity index is 1.58. The highest BCUT2D eigenvalue weighted by atomic mass is 19.1. The van der Waals surface area contributed by atoms with Crippen LogP contribution >= 0.6 is 0 Å². The third-order valence-corrected chi connectivity index (χ3v) is 6.01. The van der Waals surface area contributed by atoms with E-state index in [1.165, 1.54) is 26.2 Å². The van der Waals surface area contributed by atoms with Gasteiger partial charge in [-0.1, -0.05) is 0 Å². The molecule has 1 fully saturated rings. The van der Waals surface area contributed by atoms with Crippen molar-refractivity contribution >= 4 is 34.3 Å². The van der Waals surface area contributed by atoms with Crippen molar-refractivity contribution in [3.8, 4) is 6.07 Å². The molecular weight excluding hydrogens is 468 g/mol. The van der Waals surface area contributed by atoms with Crippen LogP contribution in [0.1, 0.15) is 49.0 Å². The molecule has 3 aromatic rings. The zero-order valence-electron chi connectivity index (χ0n) is 19.9. The molecule has 0 bridgehead atoms. The Morgan fingerprint density at radius 1 is 1.22 bits per heavy atom. The van der Waals surface area contributed by atoms with E-state index in [0.29, 0.717) is 53.2 Å². The van der Waals surface area contributed by atoms with E-state index < -0.39 is 23.9 Å². The average Bonchev–Trinajstić information content (AvgIpc) is 3.25. The Bertz CT molecular complexity index is 1310. The van der Waals surface area contributed by atoms with Gasteiger partial charge in [0.2, 0.25) is 0 Å². The van der Waals surface area contributed by atoms with Crippen LogP contribution < -0.4 is 16.0 Å². The number of halogens is 2. The van der Waals surface area contributed by atoms with Gasteiger partial charge >= 0.3 is 0 Å². The number of pyridine rings is 3. The molecule has 1 amide bonds. The van der Waals surface area contributed by atoms with Crippen molar-refractivity contribution in [2.24, 2.45) is 0 Å². The van der Waals surface area contributed by atoms with Crippen molar-refractivity contribution < 1.29 is 18.7 Å². The minimum atomic E-state index is -1.66. The van der Waals surface area contributed by atoms with Gasteiger partial charge in [0.05, 0.1) is 40.0 Å². The van der Waals surface area contributed by atoms with Gasteiger partial charge < -0.3 is 21.1 Å². The second kappa shape index (κ2) is 10.4. The fraction of sp³-hybridized carbons (Fsp3) is 0.400. The first kappa shape index (κ1) is 25.2. The number of nitriles is 1. The lowest BCUT2D eigenvalue weighted by atomic mass is 10.0. The number of carbonyl (C=O) groups excluding carboxylic acids is 1. The molecule has 0 radical (unpaired) electrons. The number of nitrogens with zero attached hydrogens (tertiary/aromatic N) is 4. The molecule has 9 nitrogen and oxygen atoms in total. The second-order valence-electron chi connectivity index (χ2n) is 9.39. The number of rotatable bonds is 8. The van der Waals surface area contributed by atoms with Crippen LogP contribution in [0.3, 0.4) is 0 Å². The molecule has 1 aliphatic carbocycles. The molecule has 0 spiro atoms. The Morgan fingerprint density at radius 3 is 2.72 bits per heavy atom. The summed E-state index contributed by atoms with van der Waals surface area (Å²) in [7, 11) is 0. The summed E-state index contributed by atoms with van der Waals surface area (Å²) in [6, 6.07) is 8.56. The van der Waals surface area contributed by atoms with E-state index in [1.54, 1.807) is 24.3 Å². The van der Waals surface area contributed by atoms with Crippen molar-refractivity contribution in [1.82, 2.24) is 20.3 Å². The molecule has 0 aliphatic heterocycles. The first-order chi connectivity index (χ1) is 17.1. The lowest BCUT2D eigenvalue weighted by molar-refractivity contribution is -0.00177. The normalized spacial score (nSPS) is 18.4. The molecule has 1 aliphatic rings. The topological polar surface area (TPSA) is 136 Å². The lowest BCUT2D eigenvalue weighted by Crippen LogP contribution is -2.42. The maximum Gasteiger partial charge on any atom is 0.255 e. The van der Waals surface area contributed by atoms with Crippen molar-refractivity contribution in [1.29, 1.82) is 5.26 Å². The number of nitrogens with one attached hydrogen (secondary N) is 3. The molecule has 3 heterocycles. The van der Waals surface area contributed by atoms with Gasteiger partial charge in [-0.15, -0.1) is 0 Å². The predicted octanol–water partition coefficient (Wildman–Crippen LogP) is 3.78. The number of fused-ring (bicyclic) bond motifs is 1. The Hall–Kier alpha value is -3.91. The van der Waals surface area contributed by atoms with E-state index in [2.05, 4.69) is 30.9 Å². The number of aliphatic hydroxyl groups is 1. The number of alkyl halides is 2. The standard InChI is InChI=1S/C25H27F2N7O2/c1-25(2,36)21(27)13-31-24(35)17-12-30-23(9-19(17)32-16-4-3-15(26)8-16)34-22-6-5-18-20(33-22)7-14(10-28)11-29-18/h5-7,9,11-12,15-16,21,36H,3-4,8,13H2,1-2H3,(H,31,35)(H2,30,32,33,34). The van der Waals surface area contributed by atoms with Crippen LogP contribution in [0, 0.1) is 11.3 Å². The van der Waals surface area contributed by atoms with Gasteiger partial charge in [0.1, 0.15) is 30.0 Å². The molecule has 3 atom stereocenters. The number of hydrogen-bond acceptors (Lipinski definition) is 8. The highest BCUT2D eigenvalue weighted by Crippen LogP contribution is 2.29. The van der Waals surface area contributed by atoms with Gasteiger partial charge in [0, 0.05) is 24.5 Å². The van der Waals surface area contributed by atoms with E-state index >= 15 is 0 Å². The highest BCUT2D eigenvalue weighted by Gasteiger charge is 2.28. The first-order valence-corrected chi connectivity index (χ1v) is 11.6. The average molecular weight is 496 g/mol. The van der Waals surface area contributed by atoms with Crippen molar-refractivity contribution in [3.63, 3.8) is 0 Å². The summed E-state index contributed by atoms with van der Waals surface area (Å²) in [6.07, 6.45) is 1.60. The molecule has 188 valence electrons. The minimum Gasteiger partial charge on any atom is -0.387 e. The largest absolute Gasteiger partial charge is 0.387 e. The molecule has 0 aromatic carbocycles. The molecule has 4 N–H and O–H groups in total. The maximum atomic E-state index is 14.1. The summed E-state index contributed by atoms with van der Waals surface area (Å²) < 4.78 is 27.9. The van der Waals surface area contributed by atoms with Gasteiger partial charge in [-0.3, -0.25) is 9.78 Å². The molecule has 3 aromatic heterocycles. The zero-order valence-corrected chi connectivity index (χ0v) is 19.9. The number of carbonyl (C=O) groups is 1. The van der Waals surface area contributed by atoms with Crippen LogP contribution in [0.4, 0.5) is 26.1 Å².